The number of carboxylic acids is 1. The molecule has 0 aliphatic heterocycles. The molecule has 0 aliphatic carbocycles. The molecule has 3 unspecified atom stereocenters. The van der Waals surface area contributed by atoms with E-state index in [-0.39, 0.29) is 6.16 Å². The van der Waals surface area contributed by atoms with Crippen molar-refractivity contribution in [3.05, 3.63) is 35.9 Å². The Labute approximate surface area is 119 Å². The van der Waals surface area contributed by atoms with Crippen molar-refractivity contribution in [2.24, 2.45) is 11.7 Å². The van der Waals surface area contributed by atoms with Crippen molar-refractivity contribution in [1.82, 2.24) is 0 Å². The molecule has 0 radical (unpaired) electrons. The molecule has 4 N–H and O–H groups in total. The van der Waals surface area contributed by atoms with E-state index in [0.29, 0.717) is 19.3 Å². The molecule has 0 heterocycles. The summed E-state index contributed by atoms with van der Waals surface area (Å²) in [5.41, 5.74) is 6.62. The van der Waals surface area contributed by atoms with Crippen LogP contribution in [0.25, 0.3) is 0 Å². The first-order valence-electron chi connectivity index (χ1n) is 6.70. The van der Waals surface area contributed by atoms with Crippen LogP contribution in [0, 0.1) is 5.92 Å². The van der Waals surface area contributed by atoms with Crippen molar-refractivity contribution >= 4 is 13.3 Å². The van der Waals surface area contributed by atoms with E-state index in [0.717, 1.165) is 5.56 Å². The van der Waals surface area contributed by atoms with Crippen molar-refractivity contribution in [3.63, 3.8) is 0 Å². The quantitative estimate of drug-likeness (QED) is 0.639. The fourth-order valence-electron chi connectivity index (χ4n) is 2.01. The van der Waals surface area contributed by atoms with Crippen LogP contribution in [0.4, 0.5) is 0 Å². The number of hydrogen-bond acceptors (Lipinski definition) is 3. The predicted molar refractivity (Wildman–Crippen MR) is 78.8 cm³/mol. The molecule has 0 spiro atoms. The van der Waals surface area contributed by atoms with Crippen LogP contribution in [0.5, 0.6) is 0 Å². The highest BCUT2D eigenvalue weighted by Gasteiger charge is 2.32. The van der Waals surface area contributed by atoms with E-state index in [1.54, 1.807) is 6.92 Å². The molecule has 1 rings (SSSR count). The number of carbonyl (C=O) groups is 1. The van der Waals surface area contributed by atoms with Gasteiger partial charge < -0.3 is 15.7 Å². The Morgan fingerprint density at radius 2 is 1.95 bits per heavy atom. The zero-order chi connectivity index (χ0) is 15.2. The van der Waals surface area contributed by atoms with Crippen molar-refractivity contribution in [2.75, 3.05) is 6.16 Å². The first-order chi connectivity index (χ1) is 9.36. The van der Waals surface area contributed by atoms with Gasteiger partial charge in [-0.1, -0.05) is 37.3 Å². The number of aliphatic carboxylic acids is 1. The monoisotopic (exact) mass is 299 g/mol. The van der Waals surface area contributed by atoms with Crippen LogP contribution in [0.1, 0.15) is 25.3 Å². The smallest absolute Gasteiger partial charge is 0.307 e. The molecule has 0 aliphatic rings. The molecule has 0 saturated heterocycles. The molecule has 0 fully saturated rings. The van der Waals surface area contributed by atoms with Gasteiger partial charge in [0.25, 0.3) is 0 Å². The van der Waals surface area contributed by atoms with E-state index < -0.39 is 25.0 Å². The average molecular weight is 299 g/mol. The number of rotatable bonds is 8. The Balaban J connectivity index is 2.66. The van der Waals surface area contributed by atoms with Crippen LogP contribution in [-0.2, 0) is 15.8 Å². The molecule has 0 bridgehead atoms. The van der Waals surface area contributed by atoms with E-state index >= 15 is 0 Å². The molecule has 1 aromatic carbocycles. The molecular weight excluding hydrogens is 277 g/mol. The largest absolute Gasteiger partial charge is 0.481 e. The SMILES string of the molecule is CCC(N)P(=O)(O)CC(CCc1ccccc1)C(=O)O. The van der Waals surface area contributed by atoms with Gasteiger partial charge >= 0.3 is 5.97 Å². The standard InChI is InChI=1S/C14H22NO4P/c1-2-13(15)20(18,19)10-12(14(16)17)9-8-11-6-4-3-5-7-11/h3-7,12-13H,2,8-10,15H2,1H3,(H,16,17)(H,18,19). The second-order valence-electron chi connectivity index (χ2n) is 4.97. The lowest BCUT2D eigenvalue weighted by Crippen LogP contribution is -2.26. The Hall–Kier alpha value is -1.16. The number of hydrogen-bond donors (Lipinski definition) is 3. The van der Waals surface area contributed by atoms with E-state index in [4.69, 9.17) is 5.73 Å². The second kappa shape index (κ2) is 7.58. The van der Waals surface area contributed by atoms with Gasteiger partial charge in [0.05, 0.1) is 11.7 Å². The van der Waals surface area contributed by atoms with Gasteiger partial charge in [-0.2, -0.15) is 0 Å². The predicted octanol–water partition coefficient (Wildman–Crippen LogP) is 2.29. The van der Waals surface area contributed by atoms with E-state index in [1.165, 1.54) is 0 Å². The van der Waals surface area contributed by atoms with Gasteiger partial charge in [0, 0.05) is 6.16 Å². The van der Waals surface area contributed by atoms with E-state index in [2.05, 4.69) is 0 Å². The maximum Gasteiger partial charge on any atom is 0.307 e. The minimum absolute atomic E-state index is 0.260. The van der Waals surface area contributed by atoms with Crippen LogP contribution in [-0.4, -0.2) is 27.9 Å². The summed E-state index contributed by atoms with van der Waals surface area (Å²) in [6, 6.07) is 9.48. The third-order valence-electron chi connectivity index (χ3n) is 3.39. The Morgan fingerprint density at radius 1 is 1.35 bits per heavy atom. The van der Waals surface area contributed by atoms with Crippen LogP contribution in [0.2, 0.25) is 0 Å². The van der Waals surface area contributed by atoms with E-state index in [9.17, 15) is 19.4 Å². The van der Waals surface area contributed by atoms with Gasteiger partial charge in [-0.05, 0) is 24.8 Å². The first kappa shape index (κ1) is 16.9. The normalized spacial score (nSPS) is 17.1. The maximum absolute atomic E-state index is 12.0. The van der Waals surface area contributed by atoms with Gasteiger partial charge in [-0.15, -0.1) is 0 Å². The first-order valence-corrected chi connectivity index (χ1v) is 8.62. The average Bonchev–Trinajstić information content (AvgIpc) is 2.43. The van der Waals surface area contributed by atoms with Gasteiger partial charge in [0.15, 0.2) is 0 Å². The summed E-state index contributed by atoms with van der Waals surface area (Å²) in [6.45, 7) is 1.72. The summed E-state index contributed by atoms with van der Waals surface area (Å²) in [7, 11) is -3.62. The highest BCUT2D eigenvalue weighted by molar-refractivity contribution is 7.58. The molecule has 20 heavy (non-hydrogen) atoms. The van der Waals surface area contributed by atoms with Crippen LogP contribution in [0.3, 0.4) is 0 Å². The summed E-state index contributed by atoms with van der Waals surface area (Å²) < 4.78 is 12.0. The Morgan fingerprint density at radius 3 is 2.45 bits per heavy atom. The minimum atomic E-state index is -3.62. The highest BCUT2D eigenvalue weighted by atomic mass is 31.2. The Kier molecular flexibility index (Phi) is 6.40. The van der Waals surface area contributed by atoms with Gasteiger partial charge in [-0.3, -0.25) is 9.36 Å². The molecular formula is C14H22NO4P. The van der Waals surface area contributed by atoms with Crippen molar-refractivity contribution in [1.29, 1.82) is 0 Å². The van der Waals surface area contributed by atoms with Gasteiger partial charge in [0.2, 0.25) is 7.37 Å². The summed E-state index contributed by atoms with van der Waals surface area (Å²) in [6.07, 6.45) is 1.00. The van der Waals surface area contributed by atoms with Gasteiger partial charge in [-0.25, -0.2) is 0 Å². The number of benzene rings is 1. The molecule has 112 valence electrons. The topological polar surface area (TPSA) is 101 Å². The lowest BCUT2D eigenvalue weighted by molar-refractivity contribution is -0.141. The third kappa shape index (κ3) is 5.08. The fraction of sp³-hybridized carbons (Fsp3) is 0.500. The zero-order valence-corrected chi connectivity index (χ0v) is 12.5. The van der Waals surface area contributed by atoms with Gasteiger partial charge in [0.1, 0.15) is 0 Å². The van der Waals surface area contributed by atoms with Crippen LogP contribution in [0.15, 0.2) is 30.3 Å². The van der Waals surface area contributed by atoms with Crippen LogP contribution < -0.4 is 5.73 Å². The van der Waals surface area contributed by atoms with Crippen molar-refractivity contribution in [3.8, 4) is 0 Å². The molecule has 0 amide bonds. The molecule has 5 nitrogen and oxygen atoms in total. The lowest BCUT2D eigenvalue weighted by Gasteiger charge is -2.21. The minimum Gasteiger partial charge on any atom is -0.481 e. The molecule has 0 aromatic heterocycles. The number of carboxylic acid groups (broad SMARTS) is 1. The molecule has 3 atom stereocenters. The fourth-order valence-corrected chi connectivity index (χ4v) is 3.83. The summed E-state index contributed by atoms with van der Waals surface area (Å²) in [4.78, 5) is 21.1. The zero-order valence-electron chi connectivity index (χ0n) is 11.6. The molecule has 6 heteroatoms. The summed E-state index contributed by atoms with van der Waals surface area (Å²) in [5, 5.41) is 9.20. The maximum atomic E-state index is 12.0. The van der Waals surface area contributed by atoms with Crippen molar-refractivity contribution < 1.29 is 19.4 Å². The number of aryl methyl sites for hydroxylation is 1. The Bertz CT molecular complexity index is 477. The second-order valence-corrected chi connectivity index (χ2v) is 7.51. The third-order valence-corrected chi connectivity index (χ3v) is 5.76. The molecule has 0 saturated carbocycles. The summed E-state index contributed by atoms with van der Waals surface area (Å²) in [5.74, 6) is -2.73. The highest BCUT2D eigenvalue weighted by Crippen LogP contribution is 2.47. The number of nitrogens with two attached hydrogens (primary N) is 1. The van der Waals surface area contributed by atoms with Crippen LogP contribution >= 0.6 is 7.37 Å². The van der Waals surface area contributed by atoms with Crippen molar-refractivity contribution in [2.45, 2.75) is 32.0 Å². The molecule has 1 aromatic rings. The lowest BCUT2D eigenvalue weighted by atomic mass is 10.0. The van der Waals surface area contributed by atoms with E-state index in [1.807, 2.05) is 30.3 Å². The summed E-state index contributed by atoms with van der Waals surface area (Å²) >= 11 is 0.